The Morgan fingerprint density at radius 3 is 1.00 bits per heavy atom. The van der Waals surface area contributed by atoms with Crippen LogP contribution in [-0.4, -0.2) is 78.4 Å². The smallest absolute Gasteiger partial charge is 2.00 e. The number of hydrogen-bond donors (Lipinski definition) is 2. The van der Waals surface area contributed by atoms with Crippen LogP contribution < -0.4 is 40.9 Å². The number of aliphatic hydroxyl groups excluding tert-OH is 2. The summed E-state index contributed by atoms with van der Waals surface area (Å²) < 4.78 is 0. The van der Waals surface area contributed by atoms with Crippen LogP contribution in [-0.2, 0) is 72.1 Å². The first-order valence-electron chi connectivity index (χ1n) is 9.06. The molecule has 2 rings (SSSR count). The molecule has 0 saturated heterocycles. The zero-order valence-electron chi connectivity index (χ0n) is 22.7. The van der Waals surface area contributed by atoms with Gasteiger partial charge in [-0.1, -0.05) is 36.4 Å². The van der Waals surface area contributed by atoms with Crippen LogP contribution >= 0.6 is 0 Å². The van der Waals surface area contributed by atoms with E-state index in [1.54, 1.807) is 0 Å². The van der Waals surface area contributed by atoms with Gasteiger partial charge in [0.1, 0.15) is 0 Å². The maximum atomic E-state index is 11.4. The summed E-state index contributed by atoms with van der Waals surface area (Å²) in [5.41, 5.74) is 0.467. The topological polar surface area (TPSA) is 335 Å². The van der Waals surface area contributed by atoms with Crippen LogP contribution in [0.25, 0.3) is 0 Å². The van der Waals surface area contributed by atoms with E-state index in [-0.39, 0.29) is 83.2 Å². The molecule has 0 unspecified atom stereocenters. The van der Waals surface area contributed by atoms with Gasteiger partial charge in [0.2, 0.25) is 0 Å². The monoisotopic (exact) mass is 685 g/mol. The number of hydrogen-bond acceptors (Lipinski definition) is 12. The van der Waals surface area contributed by atoms with E-state index in [4.69, 9.17) is 30.6 Å². The maximum absolute atomic E-state index is 11.4. The van der Waals surface area contributed by atoms with Crippen molar-refractivity contribution in [2.75, 3.05) is 55.7 Å². The van der Waals surface area contributed by atoms with Crippen molar-refractivity contribution in [1.82, 2.24) is 0 Å². The molecule has 2 aromatic rings. The van der Waals surface area contributed by atoms with Gasteiger partial charge in [-0.05, 0) is 11.1 Å². The Hall–Kier alpha value is -1.63. The summed E-state index contributed by atoms with van der Waals surface area (Å²) in [6, 6.07) is 8.42. The fourth-order valence-electron chi connectivity index (χ4n) is 1.71. The Balaban J connectivity index is -0.0000000463. The number of benzene rings is 2. The van der Waals surface area contributed by atoms with Crippen LogP contribution in [0, 0.1) is 0 Å². The standard InChI is InChI=1S/C16H16N2O4.2CH4O.4CH3O.3O.3V/c19-13-5-1-3-11(15(13)21)9-17-7-8-18-10-12-4-2-6-14(20)16(12)22;6*1-2;;;;;;/h1-6,9-10,19-22H,7-8H2;2*2H,1H3;4*1H3;;;;;;/q;;;4*-1;3*-2;;;+4/p-4. The van der Waals surface area contributed by atoms with E-state index in [9.17, 15) is 20.4 Å². The SMILES string of the molecule is CO.CO.C[O-].C[O-].C[O-].C[O-].[O-2].[O-2].[O-2].[O-]c1cccc(C=NCCN=Cc2cccc([O-])c2[O-])c1[O-].[V+4].[V].[V]. The molecule has 0 aliphatic carbocycles. The third kappa shape index (κ3) is 36.4. The second kappa shape index (κ2) is 61.4. The van der Waals surface area contributed by atoms with Gasteiger partial charge < -0.3 is 67.5 Å². The van der Waals surface area contributed by atoms with Crippen molar-refractivity contribution in [3.05, 3.63) is 47.5 Å². The zero-order chi connectivity index (χ0) is 27.9. The van der Waals surface area contributed by atoms with Crippen LogP contribution in [0.15, 0.2) is 46.4 Å². The van der Waals surface area contributed by atoms with Crippen LogP contribution in [0.4, 0.5) is 0 Å². The number of para-hydroxylation sites is 2. The van der Waals surface area contributed by atoms with Crippen molar-refractivity contribution >= 4 is 12.4 Å². The van der Waals surface area contributed by atoms with E-state index in [0.29, 0.717) is 13.1 Å². The summed E-state index contributed by atoms with van der Waals surface area (Å²) in [7, 11) is 5.00. The van der Waals surface area contributed by atoms with Crippen molar-refractivity contribution < 1.29 is 123 Å². The zero-order valence-corrected chi connectivity index (χ0v) is 26.8. The van der Waals surface area contributed by atoms with Gasteiger partial charge in [-0.2, -0.15) is 28.4 Å². The van der Waals surface area contributed by atoms with E-state index in [1.807, 2.05) is 0 Å². The normalized spacial score (nSPS) is 7.20. The van der Waals surface area contributed by atoms with E-state index in [2.05, 4.69) is 9.98 Å². The summed E-state index contributed by atoms with van der Waals surface area (Å²) in [6.45, 7) is 0.592. The third-order valence-corrected chi connectivity index (χ3v) is 2.84. The van der Waals surface area contributed by atoms with Gasteiger partial charge in [0.25, 0.3) is 0 Å². The average Bonchev–Trinajstić information content (AvgIpc) is 2.93. The van der Waals surface area contributed by atoms with Crippen molar-refractivity contribution in [3.63, 3.8) is 0 Å². The number of nitrogens with zero attached hydrogens (tertiary/aromatic N) is 2. The van der Waals surface area contributed by atoms with Gasteiger partial charge in [0, 0.05) is 63.8 Å². The number of aliphatic imine (C=N–C) groups is 2. The molecule has 18 heteroatoms. The van der Waals surface area contributed by atoms with Crippen molar-refractivity contribution in [3.8, 4) is 23.0 Å². The summed E-state index contributed by atoms with van der Waals surface area (Å²) >= 11 is 0. The van der Waals surface area contributed by atoms with Gasteiger partial charge in [-0.3, -0.25) is 9.98 Å². The Morgan fingerprint density at radius 1 is 0.550 bits per heavy atom. The third-order valence-electron chi connectivity index (χ3n) is 2.84. The minimum Gasteiger partial charge on any atom is -2.00 e. The molecule has 233 valence electrons. The van der Waals surface area contributed by atoms with E-state index in [1.165, 1.54) is 48.8 Å². The van der Waals surface area contributed by atoms with Crippen molar-refractivity contribution in [2.45, 2.75) is 0 Å². The molecule has 2 aromatic carbocycles. The molecule has 40 heavy (non-hydrogen) atoms. The first kappa shape index (κ1) is 71.5. The molecule has 0 amide bonds. The summed E-state index contributed by atoms with van der Waals surface area (Å²) in [5, 5.41) is 92.2. The molecule has 0 heterocycles. The maximum Gasteiger partial charge on any atom is 4.00 e. The molecule has 2 N–H and O–H groups in total. The second-order valence-electron chi connectivity index (χ2n) is 4.42. The van der Waals surface area contributed by atoms with E-state index < -0.39 is 23.0 Å². The quantitative estimate of drug-likeness (QED) is 0.222. The molecular weight excluding hydrogens is 653 g/mol. The Morgan fingerprint density at radius 2 is 0.775 bits per heavy atom. The van der Waals surface area contributed by atoms with E-state index in [0.717, 1.165) is 42.7 Å². The van der Waals surface area contributed by atoms with Crippen LogP contribution in [0.5, 0.6) is 23.0 Å². The van der Waals surface area contributed by atoms with Gasteiger partial charge in [0.05, 0.1) is 13.1 Å². The first-order valence-corrected chi connectivity index (χ1v) is 9.06. The fraction of sp³-hybridized carbons (Fsp3) is 0.364. The minimum atomic E-state index is -0.585. The van der Waals surface area contributed by atoms with Gasteiger partial charge >= 0.3 is 18.6 Å². The molecule has 0 spiro atoms. The fourth-order valence-corrected chi connectivity index (χ4v) is 1.71. The van der Waals surface area contributed by atoms with Gasteiger partial charge in [-0.25, -0.2) is 0 Å². The number of rotatable bonds is 5. The molecule has 0 aliphatic rings. The molecule has 15 nitrogen and oxygen atoms in total. The molecule has 0 saturated carbocycles. The Kier molecular flexibility index (Phi) is 110. The van der Waals surface area contributed by atoms with Crippen LogP contribution in [0.2, 0.25) is 0 Å². The summed E-state index contributed by atoms with van der Waals surface area (Å²) in [6.07, 6.45) is 2.66. The molecular formula is C22H32N2O13V3-10. The molecule has 0 bridgehead atoms. The molecule has 0 aromatic heterocycles. The molecule has 3 radical (unpaired) electrons. The summed E-state index contributed by atoms with van der Waals surface area (Å²) in [5.74, 6) is -2.30. The molecule has 0 atom stereocenters. The van der Waals surface area contributed by atoms with Crippen molar-refractivity contribution in [2.24, 2.45) is 9.98 Å². The Bertz CT molecular complexity index is 686. The number of aliphatic hydroxyl groups is 2. The minimum absolute atomic E-state index is 0. The van der Waals surface area contributed by atoms with Crippen molar-refractivity contribution in [1.29, 1.82) is 0 Å². The van der Waals surface area contributed by atoms with Crippen LogP contribution in [0.1, 0.15) is 11.1 Å². The molecule has 0 aliphatic heterocycles. The largest absolute Gasteiger partial charge is 4.00 e. The average molecular weight is 685 g/mol. The second-order valence-corrected chi connectivity index (χ2v) is 4.42. The van der Waals surface area contributed by atoms with Gasteiger partial charge in [0.15, 0.2) is 0 Å². The Labute approximate surface area is 270 Å². The van der Waals surface area contributed by atoms with Crippen LogP contribution in [0.3, 0.4) is 0 Å². The van der Waals surface area contributed by atoms with E-state index >= 15 is 0 Å². The first-order chi connectivity index (χ1) is 16.6. The van der Waals surface area contributed by atoms with Gasteiger partial charge in [-0.15, -0.1) is 23.0 Å². The summed E-state index contributed by atoms with van der Waals surface area (Å²) in [4.78, 5) is 7.99. The predicted molar refractivity (Wildman–Crippen MR) is 118 cm³/mol. The molecule has 0 fully saturated rings. The predicted octanol–water partition coefficient (Wildman–Crippen LogP) is -5.72.